The lowest BCUT2D eigenvalue weighted by molar-refractivity contribution is -0.143. The second-order valence-electron chi connectivity index (χ2n) is 8.69. The van der Waals surface area contributed by atoms with E-state index in [0.29, 0.717) is 38.5 Å². The number of pyridine rings is 1. The van der Waals surface area contributed by atoms with Crippen LogP contribution in [0.4, 0.5) is 19.0 Å². The standard InChI is InChI=1S/C23H34F3N5O4S/c1-36(33,34)15-14-31(13-5-8-21(32)35-29-17-19(16-27)23(24,25)26)12-3-2-7-20-10-9-18-6-4-11-28-22(18)30-20/h9-10,16-17H,2-8,11-15,27H2,1H3,(H,28,30)/b19-16+,29-17+. The molecule has 2 rings (SSSR count). The van der Waals surface area contributed by atoms with Crippen LogP contribution in [-0.2, 0) is 32.3 Å². The molecule has 0 unspecified atom stereocenters. The molecule has 0 atom stereocenters. The summed E-state index contributed by atoms with van der Waals surface area (Å²) in [7, 11) is -3.15. The molecule has 0 bridgehead atoms. The minimum absolute atomic E-state index is 0.00850. The summed E-state index contributed by atoms with van der Waals surface area (Å²) >= 11 is 0. The molecule has 3 N–H and O–H groups in total. The normalized spacial score (nSPS) is 14.6. The number of aryl methyl sites for hydroxylation is 2. The van der Waals surface area contributed by atoms with Crippen molar-refractivity contribution in [3.05, 3.63) is 35.2 Å². The van der Waals surface area contributed by atoms with Gasteiger partial charge in [0.15, 0.2) is 0 Å². The van der Waals surface area contributed by atoms with E-state index in [2.05, 4.69) is 26.4 Å². The van der Waals surface area contributed by atoms with E-state index in [-0.39, 0.29) is 12.2 Å². The maximum Gasteiger partial charge on any atom is 0.419 e. The third kappa shape index (κ3) is 11.4. The van der Waals surface area contributed by atoms with Crippen LogP contribution < -0.4 is 11.1 Å². The van der Waals surface area contributed by atoms with Gasteiger partial charge < -0.3 is 20.8 Å². The van der Waals surface area contributed by atoms with Crippen molar-refractivity contribution in [2.24, 2.45) is 10.9 Å². The van der Waals surface area contributed by atoms with Gasteiger partial charge >= 0.3 is 12.1 Å². The van der Waals surface area contributed by atoms with E-state index in [4.69, 9.17) is 5.73 Å². The number of nitrogens with zero attached hydrogens (tertiary/aromatic N) is 3. The van der Waals surface area contributed by atoms with E-state index in [1.54, 1.807) is 0 Å². The third-order valence-electron chi connectivity index (χ3n) is 5.60. The highest BCUT2D eigenvalue weighted by Crippen LogP contribution is 2.23. The van der Waals surface area contributed by atoms with Gasteiger partial charge in [-0.15, -0.1) is 0 Å². The van der Waals surface area contributed by atoms with Crippen molar-refractivity contribution in [3.8, 4) is 0 Å². The second kappa shape index (κ2) is 14.2. The summed E-state index contributed by atoms with van der Waals surface area (Å²) < 4.78 is 60.8. The monoisotopic (exact) mass is 533 g/mol. The van der Waals surface area contributed by atoms with Gasteiger partial charge in [0.05, 0.1) is 17.5 Å². The lowest BCUT2D eigenvalue weighted by atomic mass is 10.1. The quantitative estimate of drug-likeness (QED) is 0.162. The Morgan fingerprint density at radius 3 is 2.69 bits per heavy atom. The zero-order chi connectivity index (χ0) is 26.6. The molecule has 9 nitrogen and oxygen atoms in total. The topological polar surface area (TPSA) is 127 Å². The van der Waals surface area contributed by atoms with Gasteiger partial charge in [0.2, 0.25) is 0 Å². The summed E-state index contributed by atoms with van der Waals surface area (Å²) in [6.45, 7) is 2.33. The summed E-state index contributed by atoms with van der Waals surface area (Å²) in [4.78, 5) is 22.9. The van der Waals surface area contributed by atoms with Crippen molar-refractivity contribution in [2.45, 2.75) is 51.1 Å². The second-order valence-corrected chi connectivity index (χ2v) is 11.0. The van der Waals surface area contributed by atoms with Gasteiger partial charge in [0.25, 0.3) is 0 Å². The number of halogens is 3. The van der Waals surface area contributed by atoms with Gasteiger partial charge in [-0.1, -0.05) is 11.2 Å². The zero-order valence-electron chi connectivity index (χ0n) is 20.4. The first kappa shape index (κ1) is 29.6. The first-order valence-electron chi connectivity index (χ1n) is 11.8. The van der Waals surface area contributed by atoms with E-state index in [1.807, 2.05) is 11.0 Å². The number of alkyl halides is 3. The molecule has 1 aromatic rings. The van der Waals surface area contributed by atoms with Crippen LogP contribution in [0.2, 0.25) is 0 Å². The minimum atomic E-state index is -4.70. The number of carbonyl (C=O) groups excluding carboxylic acids is 1. The first-order chi connectivity index (χ1) is 17.0. The fraction of sp³-hybridized carbons (Fsp3) is 0.609. The number of fused-ring (bicyclic) bond motifs is 1. The minimum Gasteiger partial charge on any atom is -0.404 e. The molecule has 1 aliphatic rings. The molecule has 0 saturated carbocycles. The summed E-state index contributed by atoms with van der Waals surface area (Å²) in [5, 5.41) is 6.37. The number of hydrogen-bond acceptors (Lipinski definition) is 9. The first-order valence-corrected chi connectivity index (χ1v) is 13.9. The van der Waals surface area contributed by atoms with Crippen molar-refractivity contribution in [1.82, 2.24) is 9.88 Å². The summed E-state index contributed by atoms with van der Waals surface area (Å²) in [5.41, 5.74) is 5.90. The van der Waals surface area contributed by atoms with Crippen LogP contribution in [0.25, 0.3) is 0 Å². The largest absolute Gasteiger partial charge is 0.419 e. The molecule has 0 fully saturated rings. The molecule has 0 spiro atoms. The molecule has 36 heavy (non-hydrogen) atoms. The molecule has 2 heterocycles. The van der Waals surface area contributed by atoms with Crippen LogP contribution in [0, 0.1) is 0 Å². The van der Waals surface area contributed by atoms with Gasteiger partial charge in [-0.3, -0.25) is 0 Å². The Labute approximate surface area is 209 Å². The fourth-order valence-electron chi connectivity index (χ4n) is 3.63. The Balaban J connectivity index is 1.77. The van der Waals surface area contributed by atoms with Crippen LogP contribution in [0.1, 0.15) is 43.4 Å². The van der Waals surface area contributed by atoms with E-state index < -0.39 is 27.6 Å². The molecular formula is C23H34F3N5O4S. The van der Waals surface area contributed by atoms with Crippen molar-refractivity contribution in [3.63, 3.8) is 0 Å². The molecule has 0 radical (unpaired) electrons. The molecule has 0 saturated heterocycles. The highest BCUT2D eigenvalue weighted by atomic mass is 32.2. The molecular weight excluding hydrogens is 499 g/mol. The van der Waals surface area contributed by atoms with E-state index in [0.717, 1.165) is 50.2 Å². The Morgan fingerprint density at radius 2 is 2.00 bits per heavy atom. The van der Waals surface area contributed by atoms with Crippen LogP contribution in [0.15, 0.2) is 29.1 Å². The molecule has 0 aliphatic carbocycles. The SMILES string of the molecule is CS(=O)(=O)CCN(CCCCc1ccc2c(n1)NCCC2)CCCC(=O)O/N=C/C(=C\N)C(F)(F)F. The van der Waals surface area contributed by atoms with Gasteiger partial charge in [0.1, 0.15) is 15.7 Å². The number of carbonyl (C=O) groups is 1. The molecule has 1 aliphatic heterocycles. The predicted molar refractivity (Wildman–Crippen MR) is 132 cm³/mol. The van der Waals surface area contributed by atoms with Gasteiger partial charge in [-0.05, 0) is 63.2 Å². The van der Waals surface area contributed by atoms with Crippen LogP contribution in [0.5, 0.6) is 0 Å². The Kier molecular flexibility index (Phi) is 11.6. The average molecular weight is 534 g/mol. The molecule has 202 valence electrons. The maximum atomic E-state index is 12.5. The van der Waals surface area contributed by atoms with Crippen molar-refractivity contribution in [1.29, 1.82) is 0 Å². The lowest BCUT2D eigenvalue weighted by Crippen LogP contribution is -2.31. The van der Waals surface area contributed by atoms with Crippen LogP contribution in [0.3, 0.4) is 0 Å². The number of sulfone groups is 1. The Hall–Kier alpha value is -2.67. The third-order valence-corrected chi connectivity index (χ3v) is 6.52. The molecule has 1 aromatic heterocycles. The summed E-state index contributed by atoms with van der Waals surface area (Å²) in [6.07, 6.45) is 2.03. The highest BCUT2D eigenvalue weighted by Gasteiger charge is 2.32. The number of rotatable bonds is 14. The number of aromatic nitrogens is 1. The smallest absolute Gasteiger partial charge is 0.404 e. The zero-order valence-corrected chi connectivity index (χ0v) is 21.2. The van der Waals surface area contributed by atoms with E-state index in [1.165, 1.54) is 11.8 Å². The average Bonchev–Trinajstić information content (AvgIpc) is 2.81. The number of anilines is 1. The summed E-state index contributed by atoms with van der Waals surface area (Å²) in [6, 6.07) is 4.16. The van der Waals surface area contributed by atoms with Gasteiger partial charge in [-0.25, -0.2) is 18.2 Å². The highest BCUT2D eigenvalue weighted by molar-refractivity contribution is 7.90. The number of hydrogen-bond donors (Lipinski definition) is 2. The number of nitrogens with two attached hydrogens (primary N) is 1. The lowest BCUT2D eigenvalue weighted by Gasteiger charge is -2.22. The number of nitrogens with one attached hydrogen (secondary N) is 1. The predicted octanol–water partition coefficient (Wildman–Crippen LogP) is 2.82. The number of allylic oxidation sites excluding steroid dienone is 1. The number of unbranched alkanes of at least 4 members (excludes halogenated alkanes) is 1. The Morgan fingerprint density at radius 1 is 1.25 bits per heavy atom. The Bertz CT molecular complexity index is 1030. The molecule has 0 amide bonds. The van der Waals surface area contributed by atoms with Crippen molar-refractivity contribution >= 4 is 27.8 Å². The molecule has 13 heteroatoms. The fourth-order valence-corrected chi connectivity index (χ4v) is 4.22. The van der Waals surface area contributed by atoms with Crippen LogP contribution >= 0.6 is 0 Å². The number of oxime groups is 1. The summed E-state index contributed by atoms with van der Waals surface area (Å²) in [5.74, 6) is 0.157. The molecule has 0 aromatic carbocycles. The van der Waals surface area contributed by atoms with Crippen molar-refractivity contribution in [2.75, 3.05) is 43.5 Å². The van der Waals surface area contributed by atoms with Crippen molar-refractivity contribution < 1.29 is 31.2 Å². The van der Waals surface area contributed by atoms with E-state index >= 15 is 0 Å². The maximum absolute atomic E-state index is 12.5. The van der Waals surface area contributed by atoms with Crippen LogP contribution in [-0.4, -0.2) is 74.8 Å². The van der Waals surface area contributed by atoms with Gasteiger partial charge in [-0.2, -0.15) is 13.2 Å². The van der Waals surface area contributed by atoms with E-state index in [9.17, 15) is 26.4 Å². The van der Waals surface area contributed by atoms with Gasteiger partial charge in [0, 0.05) is 37.7 Å².